The number of rotatable bonds is 7. The first kappa shape index (κ1) is 14.8. The van der Waals surface area contributed by atoms with Crippen molar-refractivity contribution in [2.24, 2.45) is 0 Å². The van der Waals surface area contributed by atoms with Gasteiger partial charge >= 0.3 is 5.97 Å². The van der Waals surface area contributed by atoms with Gasteiger partial charge in [-0.3, -0.25) is 0 Å². The van der Waals surface area contributed by atoms with E-state index in [-0.39, 0.29) is 5.75 Å². The molecule has 1 aromatic rings. The lowest BCUT2D eigenvalue weighted by Gasteiger charge is -2.20. The molecule has 0 aliphatic rings. The molecular weight excluding hydrogens is 256 g/mol. The summed E-state index contributed by atoms with van der Waals surface area (Å²) in [5.74, 6) is -0.406. The van der Waals surface area contributed by atoms with Gasteiger partial charge in [0.25, 0.3) is 0 Å². The van der Waals surface area contributed by atoms with E-state index in [9.17, 15) is 15.0 Å². The number of hydrogen-bond donors (Lipinski definition) is 4. The van der Waals surface area contributed by atoms with Crippen LogP contribution < -0.4 is 4.74 Å². The van der Waals surface area contributed by atoms with Gasteiger partial charge in [-0.25, -0.2) is 4.79 Å². The maximum atomic E-state index is 10.4. The fraction of sp³-hybridized carbons (Fsp3) is 0.417. The minimum Gasteiger partial charge on any atom is -0.482 e. The van der Waals surface area contributed by atoms with Crippen molar-refractivity contribution >= 4 is 18.6 Å². The van der Waals surface area contributed by atoms with Crippen LogP contribution in [0.1, 0.15) is 18.1 Å². The molecule has 0 radical (unpaired) electrons. The van der Waals surface area contributed by atoms with Crippen LogP contribution in [-0.4, -0.2) is 39.8 Å². The number of carboxylic acid groups (broad SMARTS) is 1. The average Bonchev–Trinajstić information content (AvgIpc) is 2.36. The third-order valence-electron chi connectivity index (χ3n) is 2.38. The molecule has 0 heterocycles. The summed E-state index contributed by atoms with van der Waals surface area (Å²) >= 11 is 3.98. The predicted octanol–water partition coefficient (Wildman–Crippen LogP) is 0.864. The Balaban J connectivity index is 2.83. The van der Waals surface area contributed by atoms with E-state index in [4.69, 9.17) is 9.84 Å². The molecule has 0 aliphatic carbocycles. The highest BCUT2D eigenvalue weighted by Crippen LogP contribution is 2.28. The van der Waals surface area contributed by atoms with Crippen LogP contribution in [0.25, 0.3) is 0 Å². The minimum atomic E-state index is -1.12. The molecule has 1 aromatic carbocycles. The Hall–Kier alpha value is -1.24. The van der Waals surface area contributed by atoms with Crippen LogP contribution in [0, 0.1) is 0 Å². The summed E-state index contributed by atoms with van der Waals surface area (Å²) in [6, 6.07) is 6.48. The average molecular weight is 272 g/mol. The number of para-hydroxylation sites is 1. The van der Waals surface area contributed by atoms with E-state index in [1.54, 1.807) is 24.3 Å². The zero-order valence-electron chi connectivity index (χ0n) is 9.69. The van der Waals surface area contributed by atoms with Crippen LogP contribution in [0.3, 0.4) is 0 Å². The third-order valence-corrected chi connectivity index (χ3v) is 2.64. The maximum Gasteiger partial charge on any atom is 0.341 e. The number of aliphatic carboxylic acids is 1. The van der Waals surface area contributed by atoms with Crippen LogP contribution in [0.15, 0.2) is 24.3 Å². The first-order chi connectivity index (χ1) is 8.56. The number of hydrogen-bond acceptors (Lipinski definition) is 5. The van der Waals surface area contributed by atoms with Crippen molar-refractivity contribution in [3.8, 4) is 5.75 Å². The standard InChI is InChI=1S/C12H16O5S/c13-9(5-6-18)12(16)8-3-1-2-4-10(8)17-7-11(14)15/h1-4,9,12-13,16,18H,5-7H2,(H,14,15). The second-order valence-electron chi connectivity index (χ2n) is 3.74. The Morgan fingerprint density at radius 1 is 1.33 bits per heavy atom. The van der Waals surface area contributed by atoms with Crippen molar-refractivity contribution in [1.29, 1.82) is 0 Å². The van der Waals surface area contributed by atoms with Gasteiger partial charge in [-0.15, -0.1) is 0 Å². The van der Waals surface area contributed by atoms with Gasteiger partial charge in [-0.2, -0.15) is 12.6 Å². The van der Waals surface area contributed by atoms with Crippen molar-refractivity contribution in [2.45, 2.75) is 18.6 Å². The van der Waals surface area contributed by atoms with Crippen LogP contribution in [-0.2, 0) is 4.79 Å². The van der Waals surface area contributed by atoms with Gasteiger partial charge in [0.1, 0.15) is 11.9 Å². The Labute approximate surface area is 110 Å². The van der Waals surface area contributed by atoms with Gasteiger partial charge in [-0.1, -0.05) is 18.2 Å². The van der Waals surface area contributed by atoms with Gasteiger partial charge in [0, 0.05) is 5.56 Å². The Kier molecular flexibility index (Phi) is 5.97. The molecular formula is C12H16O5S. The van der Waals surface area contributed by atoms with E-state index < -0.39 is 24.8 Å². The van der Waals surface area contributed by atoms with E-state index in [0.717, 1.165) is 0 Å². The Morgan fingerprint density at radius 3 is 2.61 bits per heavy atom. The highest BCUT2D eigenvalue weighted by Gasteiger charge is 2.21. The molecule has 5 nitrogen and oxygen atoms in total. The molecule has 0 fully saturated rings. The number of benzene rings is 1. The zero-order valence-corrected chi connectivity index (χ0v) is 10.6. The lowest BCUT2D eigenvalue weighted by Crippen LogP contribution is -2.20. The van der Waals surface area contributed by atoms with Gasteiger partial charge in [0.2, 0.25) is 0 Å². The molecule has 0 saturated carbocycles. The molecule has 18 heavy (non-hydrogen) atoms. The molecule has 6 heteroatoms. The summed E-state index contributed by atoms with van der Waals surface area (Å²) in [4.78, 5) is 10.4. The first-order valence-electron chi connectivity index (χ1n) is 5.46. The highest BCUT2D eigenvalue weighted by molar-refractivity contribution is 7.80. The number of carbonyl (C=O) groups is 1. The lowest BCUT2D eigenvalue weighted by molar-refractivity contribution is -0.139. The summed E-state index contributed by atoms with van der Waals surface area (Å²) < 4.78 is 5.06. The fourth-order valence-electron chi connectivity index (χ4n) is 1.49. The molecule has 3 N–H and O–H groups in total. The summed E-state index contributed by atoms with van der Waals surface area (Å²) in [5.41, 5.74) is 0.369. The fourth-order valence-corrected chi connectivity index (χ4v) is 1.76. The maximum absolute atomic E-state index is 10.4. The van der Waals surface area contributed by atoms with E-state index in [1.807, 2.05) is 0 Å². The molecule has 0 amide bonds. The molecule has 2 atom stereocenters. The number of aliphatic hydroxyl groups is 2. The number of aliphatic hydroxyl groups excluding tert-OH is 2. The van der Waals surface area contributed by atoms with Crippen molar-refractivity contribution in [3.05, 3.63) is 29.8 Å². The number of ether oxygens (including phenoxy) is 1. The Morgan fingerprint density at radius 2 is 2.00 bits per heavy atom. The highest BCUT2D eigenvalue weighted by atomic mass is 32.1. The van der Waals surface area contributed by atoms with Gasteiger partial charge < -0.3 is 20.1 Å². The quantitative estimate of drug-likeness (QED) is 0.553. The monoisotopic (exact) mass is 272 g/mol. The second-order valence-corrected chi connectivity index (χ2v) is 4.19. The zero-order chi connectivity index (χ0) is 13.5. The topological polar surface area (TPSA) is 87.0 Å². The predicted molar refractivity (Wildman–Crippen MR) is 69.0 cm³/mol. The lowest BCUT2D eigenvalue weighted by atomic mass is 10.0. The minimum absolute atomic E-state index is 0.255. The van der Waals surface area contributed by atoms with Gasteiger partial charge in [0.15, 0.2) is 6.61 Å². The van der Waals surface area contributed by atoms with Crippen molar-refractivity contribution < 1.29 is 24.9 Å². The molecule has 0 saturated heterocycles. The van der Waals surface area contributed by atoms with Crippen LogP contribution in [0.5, 0.6) is 5.75 Å². The summed E-state index contributed by atoms with van der Waals surface area (Å²) in [6.07, 6.45) is -1.75. The molecule has 2 unspecified atom stereocenters. The molecule has 100 valence electrons. The molecule has 0 spiro atoms. The van der Waals surface area contributed by atoms with Gasteiger partial charge in [0.05, 0.1) is 6.10 Å². The first-order valence-corrected chi connectivity index (χ1v) is 6.10. The van der Waals surface area contributed by atoms with Crippen LogP contribution in [0.4, 0.5) is 0 Å². The second kappa shape index (κ2) is 7.25. The van der Waals surface area contributed by atoms with E-state index in [2.05, 4.69) is 12.6 Å². The number of thiol groups is 1. The summed E-state index contributed by atoms with van der Waals surface area (Å²) in [7, 11) is 0. The van der Waals surface area contributed by atoms with Crippen LogP contribution >= 0.6 is 12.6 Å². The van der Waals surface area contributed by atoms with E-state index in [1.165, 1.54) is 0 Å². The largest absolute Gasteiger partial charge is 0.482 e. The van der Waals surface area contributed by atoms with Crippen molar-refractivity contribution in [1.82, 2.24) is 0 Å². The van der Waals surface area contributed by atoms with Crippen molar-refractivity contribution in [3.63, 3.8) is 0 Å². The Bertz CT molecular complexity index is 396. The van der Waals surface area contributed by atoms with Gasteiger partial charge in [-0.05, 0) is 18.2 Å². The molecule has 1 rings (SSSR count). The smallest absolute Gasteiger partial charge is 0.341 e. The third kappa shape index (κ3) is 4.21. The summed E-state index contributed by atoms with van der Waals surface area (Å²) in [6.45, 7) is -0.494. The molecule has 0 bridgehead atoms. The van der Waals surface area contributed by atoms with E-state index >= 15 is 0 Å². The normalized spacial score (nSPS) is 13.9. The summed E-state index contributed by atoms with van der Waals surface area (Å²) in [5, 5.41) is 28.2. The van der Waals surface area contributed by atoms with E-state index in [0.29, 0.717) is 17.7 Å². The number of carboxylic acids is 1. The SMILES string of the molecule is O=C(O)COc1ccccc1C(O)C(O)CCS. The van der Waals surface area contributed by atoms with Crippen molar-refractivity contribution in [2.75, 3.05) is 12.4 Å². The molecule has 0 aromatic heterocycles. The molecule has 0 aliphatic heterocycles. The van der Waals surface area contributed by atoms with Crippen LogP contribution in [0.2, 0.25) is 0 Å².